The highest BCUT2D eigenvalue weighted by Gasteiger charge is 2.09. The molecule has 2 N–H and O–H groups in total. The van der Waals surface area contributed by atoms with Crippen LogP contribution in [-0.2, 0) is 11.3 Å². The first-order valence-electron chi connectivity index (χ1n) is 6.49. The molecule has 22 heavy (non-hydrogen) atoms. The molecule has 2 aromatic rings. The Kier molecular flexibility index (Phi) is 5.21. The van der Waals surface area contributed by atoms with Crippen molar-refractivity contribution in [1.82, 2.24) is 10.3 Å². The van der Waals surface area contributed by atoms with Gasteiger partial charge in [-0.1, -0.05) is 18.2 Å². The van der Waals surface area contributed by atoms with Crippen molar-refractivity contribution in [3.8, 4) is 6.07 Å². The summed E-state index contributed by atoms with van der Waals surface area (Å²) in [6.45, 7) is 0.255. The van der Waals surface area contributed by atoms with Crippen LogP contribution < -0.4 is 10.6 Å². The number of hydrogen-bond acceptors (Lipinski definition) is 4. The normalized spacial score (nSPS) is 10.6. The first-order chi connectivity index (χ1) is 10.7. The topological polar surface area (TPSA) is 77.8 Å². The number of nitrogens with zero attached hydrogens (tertiary/aromatic N) is 2. The van der Waals surface area contributed by atoms with Crippen LogP contribution in [0.25, 0.3) is 0 Å². The van der Waals surface area contributed by atoms with E-state index < -0.39 is 11.7 Å². The van der Waals surface area contributed by atoms with Crippen LogP contribution in [0.4, 0.5) is 10.1 Å². The molecule has 0 aliphatic rings. The summed E-state index contributed by atoms with van der Waals surface area (Å²) in [5.41, 5.74) is 0.859. The Morgan fingerprint density at radius 1 is 1.32 bits per heavy atom. The molecule has 0 bridgehead atoms. The summed E-state index contributed by atoms with van der Waals surface area (Å²) in [6, 6.07) is 11.3. The first-order valence-corrected chi connectivity index (χ1v) is 6.49. The number of nitrogens with one attached hydrogen (secondary N) is 2. The van der Waals surface area contributed by atoms with E-state index in [9.17, 15) is 9.18 Å². The molecule has 110 valence electrons. The van der Waals surface area contributed by atoms with Gasteiger partial charge in [0.05, 0.1) is 5.69 Å². The number of para-hydroxylation sites is 1. The Bertz CT molecular complexity index is 722. The van der Waals surface area contributed by atoms with Gasteiger partial charge in [-0.15, -0.1) is 0 Å². The minimum Gasteiger partial charge on any atom is -0.358 e. The number of hydrogen-bond donors (Lipinski definition) is 2. The molecule has 1 amide bonds. The molecule has 0 saturated heterocycles. The van der Waals surface area contributed by atoms with E-state index in [1.54, 1.807) is 42.7 Å². The number of aromatic nitrogens is 1. The molecule has 0 atom stereocenters. The highest BCUT2D eigenvalue weighted by atomic mass is 19.1. The Morgan fingerprint density at radius 2 is 2.14 bits per heavy atom. The van der Waals surface area contributed by atoms with E-state index in [-0.39, 0.29) is 17.8 Å². The van der Waals surface area contributed by atoms with Crippen molar-refractivity contribution in [2.24, 2.45) is 0 Å². The van der Waals surface area contributed by atoms with Crippen LogP contribution in [0.1, 0.15) is 5.56 Å². The van der Waals surface area contributed by atoms with Gasteiger partial charge in [-0.3, -0.25) is 9.78 Å². The molecule has 1 aromatic heterocycles. The quantitative estimate of drug-likeness (QED) is 0.656. The summed E-state index contributed by atoms with van der Waals surface area (Å²) in [4.78, 5) is 15.8. The van der Waals surface area contributed by atoms with Crippen molar-refractivity contribution >= 4 is 11.6 Å². The Balaban J connectivity index is 1.99. The van der Waals surface area contributed by atoms with Crippen LogP contribution in [0.2, 0.25) is 0 Å². The fourth-order valence-corrected chi connectivity index (χ4v) is 1.66. The number of anilines is 1. The monoisotopic (exact) mass is 296 g/mol. The molecule has 0 aliphatic heterocycles. The zero-order chi connectivity index (χ0) is 15.8. The Hall–Kier alpha value is -3.20. The zero-order valence-electron chi connectivity index (χ0n) is 11.6. The van der Waals surface area contributed by atoms with Gasteiger partial charge in [0.25, 0.3) is 5.91 Å². The van der Waals surface area contributed by atoms with E-state index in [1.807, 2.05) is 0 Å². The van der Waals surface area contributed by atoms with E-state index in [4.69, 9.17) is 5.26 Å². The van der Waals surface area contributed by atoms with Crippen LogP contribution in [0.3, 0.4) is 0 Å². The predicted molar refractivity (Wildman–Crippen MR) is 79.8 cm³/mol. The number of carbonyl (C=O) groups is 1. The van der Waals surface area contributed by atoms with Crippen LogP contribution >= 0.6 is 0 Å². The second-order valence-electron chi connectivity index (χ2n) is 4.34. The third-order valence-electron chi connectivity index (χ3n) is 2.79. The Morgan fingerprint density at radius 3 is 2.82 bits per heavy atom. The van der Waals surface area contributed by atoms with Gasteiger partial charge in [0.2, 0.25) is 0 Å². The summed E-state index contributed by atoms with van der Waals surface area (Å²) in [5.74, 6) is -1.01. The van der Waals surface area contributed by atoms with Crippen LogP contribution in [0, 0.1) is 17.1 Å². The predicted octanol–water partition coefficient (Wildman–Crippen LogP) is 2.36. The number of nitriles is 1. The number of amides is 1. The van der Waals surface area contributed by atoms with Gasteiger partial charge >= 0.3 is 0 Å². The van der Waals surface area contributed by atoms with Crippen molar-refractivity contribution in [3.63, 3.8) is 0 Å². The lowest BCUT2D eigenvalue weighted by Gasteiger charge is -2.05. The molecule has 0 radical (unpaired) electrons. The molecule has 0 saturated carbocycles. The first kappa shape index (κ1) is 15.2. The van der Waals surface area contributed by atoms with Gasteiger partial charge in [-0.25, -0.2) is 4.39 Å². The second kappa shape index (κ2) is 7.55. The number of carbonyl (C=O) groups excluding carboxylic acids is 1. The van der Waals surface area contributed by atoms with Gasteiger partial charge in [0, 0.05) is 25.1 Å². The summed E-state index contributed by atoms with van der Waals surface area (Å²) in [5, 5.41) is 14.2. The van der Waals surface area contributed by atoms with E-state index in [0.29, 0.717) is 0 Å². The highest BCUT2D eigenvalue weighted by molar-refractivity contribution is 5.97. The molecular formula is C16H13FN4O. The third kappa shape index (κ3) is 4.15. The average Bonchev–Trinajstić information content (AvgIpc) is 2.56. The van der Waals surface area contributed by atoms with Crippen molar-refractivity contribution in [3.05, 3.63) is 71.9 Å². The minimum absolute atomic E-state index is 0.146. The number of benzene rings is 1. The highest BCUT2D eigenvalue weighted by Crippen LogP contribution is 2.12. The molecule has 0 fully saturated rings. The average molecular weight is 296 g/mol. The maximum atomic E-state index is 13.4. The lowest BCUT2D eigenvalue weighted by Crippen LogP contribution is -2.24. The summed E-state index contributed by atoms with van der Waals surface area (Å²) in [7, 11) is 0. The minimum atomic E-state index is -0.546. The van der Waals surface area contributed by atoms with E-state index >= 15 is 0 Å². The van der Waals surface area contributed by atoms with Gasteiger partial charge in [0.15, 0.2) is 0 Å². The zero-order valence-corrected chi connectivity index (χ0v) is 11.6. The summed E-state index contributed by atoms with van der Waals surface area (Å²) in [6.07, 6.45) is 4.43. The summed E-state index contributed by atoms with van der Waals surface area (Å²) >= 11 is 0. The molecule has 0 spiro atoms. The SMILES string of the molecule is N#C/C(=C/Nc1ccccc1F)C(=O)NCc1cccnc1. The molecule has 5 nitrogen and oxygen atoms in total. The van der Waals surface area contributed by atoms with Gasteiger partial charge in [0.1, 0.15) is 17.5 Å². The molecule has 1 aromatic carbocycles. The molecule has 6 heteroatoms. The summed E-state index contributed by atoms with van der Waals surface area (Å²) < 4.78 is 13.4. The van der Waals surface area contributed by atoms with Crippen LogP contribution in [0.15, 0.2) is 60.6 Å². The van der Waals surface area contributed by atoms with Crippen LogP contribution in [-0.4, -0.2) is 10.9 Å². The third-order valence-corrected chi connectivity index (χ3v) is 2.79. The van der Waals surface area contributed by atoms with Crippen molar-refractivity contribution in [2.75, 3.05) is 5.32 Å². The fraction of sp³-hybridized carbons (Fsp3) is 0.0625. The maximum Gasteiger partial charge on any atom is 0.263 e. The van der Waals surface area contributed by atoms with Crippen molar-refractivity contribution in [1.29, 1.82) is 5.26 Å². The molecule has 0 aliphatic carbocycles. The van der Waals surface area contributed by atoms with Crippen molar-refractivity contribution in [2.45, 2.75) is 6.54 Å². The van der Waals surface area contributed by atoms with E-state index in [1.165, 1.54) is 18.3 Å². The van der Waals surface area contributed by atoms with Crippen molar-refractivity contribution < 1.29 is 9.18 Å². The van der Waals surface area contributed by atoms with Gasteiger partial charge < -0.3 is 10.6 Å². The molecule has 2 rings (SSSR count). The second-order valence-corrected chi connectivity index (χ2v) is 4.34. The number of rotatable bonds is 5. The van der Waals surface area contributed by atoms with E-state index in [2.05, 4.69) is 15.6 Å². The number of pyridine rings is 1. The molecular weight excluding hydrogens is 283 g/mol. The molecule has 0 unspecified atom stereocenters. The van der Waals surface area contributed by atoms with Gasteiger partial charge in [-0.05, 0) is 23.8 Å². The maximum absolute atomic E-state index is 13.4. The number of halogens is 1. The fourth-order valence-electron chi connectivity index (χ4n) is 1.66. The Labute approximate surface area is 127 Å². The standard InChI is InChI=1S/C16H13FN4O/c17-14-5-1-2-6-15(14)20-11-13(8-18)16(22)21-10-12-4-3-7-19-9-12/h1-7,9,11,20H,10H2,(H,21,22)/b13-11-. The van der Waals surface area contributed by atoms with Gasteiger partial charge in [-0.2, -0.15) is 5.26 Å². The van der Waals surface area contributed by atoms with E-state index in [0.717, 1.165) is 5.56 Å². The van der Waals surface area contributed by atoms with Crippen LogP contribution in [0.5, 0.6) is 0 Å². The lowest BCUT2D eigenvalue weighted by molar-refractivity contribution is -0.117. The smallest absolute Gasteiger partial charge is 0.263 e. The lowest BCUT2D eigenvalue weighted by atomic mass is 10.2. The molecule has 1 heterocycles. The largest absolute Gasteiger partial charge is 0.358 e.